The SMILES string of the molecule is C.CC.CC.CC.CC.CC.CC.CC.CC.CC.CC.CC.CC.Cc1cccc2c1N1C(=CCN1C)c1ccccc1-2.Cc1cccc2c3ccccc3n(-c3cccc[n+]3C)c12.Cc1cccc2c3ccccc3n(-c3n(C)cc[n+]3C)c12.Cc1ccccc1-n1c2ccccc2c2ccc[n+](C)c21. The second kappa shape index (κ2) is 52.2. The number of anilines is 1. The van der Waals surface area contributed by atoms with Gasteiger partial charge in [-0.1, -0.05) is 313 Å². The number of rotatable bonds is 3. The number of benzene rings is 8. The summed E-state index contributed by atoms with van der Waals surface area (Å²) in [4.78, 5) is 0. The second-order valence-corrected chi connectivity index (χ2v) is 21.9. The Morgan fingerprint density at radius 3 is 1.20 bits per heavy atom. The molecule has 0 saturated carbocycles. The molecule has 0 amide bonds. The van der Waals surface area contributed by atoms with Crippen LogP contribution in [0.15, 0.2) is 237 Å². The molecule has 8 heterocycles. The standard InChI is InChI=1S/2C19H17N2.C18H18N3.C17H16N2.12C2H6.CH4/c1-14-8-3-5-11-17(14)21-18-12-6-4-9-15(18)16-10-7-13-20(2)19(16)21;1-14-8-7-10-16-15-9-3-4-11-17(15)21(19(14)16)18-12-5-6-13-20(18)2;1-13-7-6-9-15-14-8-4-5-10-16(14)21(17(13)15)18-19(2)11-12-20(18)3;1-12-6-5-9-15-13-7-3-4-8-14(13)16-10-11-18(2)19(16)17(12)15;12*1-2;/h2*3-13H,1-2H3;4-12H,1-3H3;3-10H,11H2,1-2H3;12*1-2H3;1H4/q3*+1;;;;;;;;;;;;;;. The Morgan fingerprint density at radius 1 is 0.308 bits per heavy atom. The molecular formula is C98H144N9+3. The summed E-state index contributed by atoms with van der Waals surface area (Å²) in [5.41, 5.74) is 20.7. The van der Waals surface area contributed by atoms with Gasteiger partial charge in [0.25, 0.3) is 11.5 Å². The first kappa shape index (κ1) is 97.2. The fourth-order valence-electron chi connectivity index (χ4n) is 12.8. The highest BCUT2D eigenvalue weighted by Crippen LogP contribution is 2.48. The lowest BCUT2D eigenvalue weighted by Gasteiger charge is -2.37. The number of likely N-dealkylation sites (N-methyl/N-ethyl adjacent to an activating group) is 1. The molecule has 0 aliphatic carbocycles. The number of hydrogen-bond donors (Lipinski definition) is 0. The van der Waals surface area contributed by atoms with E-state index < -0.39 is 0 Å². The molecule has 0 unspecified atom stereocenters. The maximum Gasteiger partial charge on any atom is 0.369 e. The third-order valence-electron chi connectivity index (χ3n) is 16.6. The number of imidazole rings is 1. The van der Waals surface area contributed by atoms with Gasteiger partial charge in [0, 0.05) is 57.7 Å². The summed E-state index contributed by atoms with van der Waals surface area (Å²) in [6, 6.07) is 73.3. The van der Waals surface area contributed by atoms with Crippen molar-refractivity contribution in [1.29, 1.82) is 0 Å². The largest absolute Gasteiger partial charge is 0.369 e. The van der Waals surface area contributed by atoms with Crippen LogP contribution in [0.4, 0.5) is 5.69 Å². The average molecular weight is 1450 g/mol. The molecule has 0 saturated heterocycles. The van der Waals surface area contributed by atoms with Gasteiger partial charge >= 0.3 is 5.95 Å². The number of para-hydroxylation sites is 7. The van der Waals surface area contributed by atoms with Crippen LogP contribution in [0.1, 0.15) is 201 Å². The van der Waals surface area contributed by atoms with Crippen molar-refractivity contribution in [3.63, 3.8) is 0 Å². The normalized spacial score (nSPS) is 10.4. The van der Waals surface area contributed by atoms with E-state index in [1.165, 1.54) is 127 Å². The number of hydrazine groups is 1. The van der Waals surface area contributed by atoms with Crippen LogP contribution < -0.4 is 18.7 Å². The Bertz CT molecular complexity index is 4630. The summed E-state index contributed by atoms with van der Waals surface area (Å²) >= 11 is 0. The van der Waals surface area contributed by atoms with Gasteiger partial charge in [-0.15, -0.1) is 0 Å². The Kier molecular flexibility index (Phi) is 47.4. The number of nitrogens with zero attached hydrogens (tertiary/aromatic N) is 9. The van der Waals surface area contributed by atoms with Crippen molar-refractivity contribution in [2.75, 3.05) is 18.6 Å². The van der Waals surface area contributed by atoms with Crippen LogP contribution in [-0.4, -0.2) is 36.9 Å². The summed E-state index contributed by atoms with van der Waals surface area (Å²) in [6.45, 7) is 57.7. The van der Waals surface area contributed by atoms with Gasteiger partial charge in [0.05, 0.1) is 69.7 Å². The van der Waals surface area contributed by atoms with Gasteiger partial charge in [0.1, 0.15) is 33.3 Å². The van der Waals surface area contributed by atoms with E-state index in [4.69, 9.17) is 0 Å². The monoisotopic (exact) mass is 1450 g/mol. The van der Waals surface area contributed by atoms with Crippen molar-refractivity contribution < 1.29 is 13.7 Å². The zero-order valence-corrected chi connectivity index (χ0v) is 72.2. The predicted molar refractivity (Wildman–Crippen MR) is 482 cm³/mol. The van der Waals surface area contributed by atoms with Gasteiger partial charge in [-0.2, -0.15) is 13.7 Å². The molecule has 0 atom stereocenters. The molecule has 16 rings (SSSR count). The predicted octanol–water partition coefficient (Wildman–Crippen LogP) is 27.7. The lowest BCUT2D eigenvalue weighted by molar-refractivity contribution is -0.665. The number of fused-ring (bicyclic) bond motifs is 15. The van der Waals surface area contributed by atoms with Gasteiger partial charge < -0.3 is 0 Å². The molecule has 0 bridgehead atoms. The van der Waals surface area contributed by atoms with Gasteiger partial charge in [0.15, 0.2) is 0 Å². The van der Waals surface area contributed by atoms with Crippen LogP contribution in [0.3, 0.4) is 0 Å². The zero-order valence-electron chi connectivity index (χ0n) is 72.2. The second-order valence-electron chi connectivity index (χ2n) is 21.9. The lowest BCUT2D eigenvalue weighted by Crippen LogP contribution is -2.36. The molecule has 578 valence electrons. The number of pyridine rings is 2. The number of aryl methyl sites for hydroxylation is 8. The fourth-order valence-corrected chi connectivity index (χ4v) is 12.8. The van der Waals surface area contributed by atoms with Crippen LogP contribution >= 0.6 is 0 Å². The first-order chi connectivity index (χ1) is 52.0. The van der Waals surface area contributed by atoms with Crippen LogP contribution in [0.2, 0.25) is 0 Å². The number of hydrogen-bond acceptors (Lipinski definition) is 2. The molecule has 107 heavy (non-hydrogen) atoms. The third-order valence-corrected chi connectivity index (χ3v) is 16.6. The van der Waals surface area contributed by atoms with Crippen LogP contribution in [0.25, 0.3) is 99.8 Å². The van der Waals surface area contributed by atoms with E-state index in [1.807, 2.05) is 166 Å². The van der Waals surface area contributed by atoms with E-state index in [2.05, 4.69) is 342 Å². The molecule has 9 heteroatoms. The average Bonchev–Trinajstić information content (AvgIpc) is 1.78. The molecule has 0 fully saturated rings. The molecule has 8 aromatic carbocycles. The molecule has 0 radical (unpaired) electrons. The van der Waals surface area contributed by atoms with Gasteiger partial charge in [0.2, 0.25) is 0 Å². The van der Waals surface area contributed by atoms with Gasteiger partial charge in [-0.3, -0.25) is 5.01 Å². The van der Waals surface area contributed by atoms with E-state index in [0.29, 0.717) is 0 Å². The van der Waals surface area contributed by atoms with E-state index >= 15 is 0 Å². The topological polar surface area (TPSA) is 37.8 Å². The Balaban J connectivity index is 0.00000127. The third kappa shape index (κ3) is 21.7. The van der Waals surface area contributed by atoms with Crippen LogP contribution in [0, 0.1) is 27.7 Å². The van der Waals surface area contributed by atoms with E-state index in [1.54, 1.807) is 0 Å². The van der Waals surface area contributed by atoms with Crippen molar-refractivity contribution in [2.45, 2.75) is 201 Å². The van der Waals surface area contributed by atoms with Crippen molar-refractivity contribution in [3.8, 4) is 28.6 Å². The van der Waals surface area contributed by atoms with Gasteiger partial charge in [-0.25, -0.2) is 23.3 Å². The molecule has 6 aromatic heterocycles. The van der Waals surface area contributed by atoms with Gasteiger partial charge in [-0.05, 0) is 122 Å². The number of aromatic nitrogens is 7. The van der Waals surface area contributed by atoms with E-state index in [-0.39, 0.29) is 7.43 Å². The quantitative estimate of drug-likeness (QED) is 0.165. The van der Waals surface area contributed by atoms with Crippen molar-refractivity contribution >= 4 is 76.9 Å². The summed E-state index contributed by atoms with van der Waals surface area (Å²) in [6.07, 6.45) is 10.7. The fraction of sp³-hybridized carbons (Fsp3) is 0.357. The molecular weight excluding hydrogens is 1300 g/mol. The minimum atomic E-state index is 0. The highest BCUT2D eigenvalue weighted by molar-refractivity contribution is 6.11. The maximum absolute atomic E-state index is 2.36. The molecule has 14 aromatic rings. The highest BCUT2D eigenvalue weighted by atomic mass is 15.6. The molecule has 2 aliphatic heterocycles. The first-order valence-corrected chi connectivity index (χ1v) is 40.3. The lowest BCUT2D eigenvalue weighted by atomic mass is 9.90. The molecule has 2 aliphatic rings. The summed E-state index contributed by atoms with van der Waals surface area (Å²) in [5.74, 6) is 2.34. The van der Waals surface area contributed by atoms with Crippen LogP contribution in [-0.2, 0) is 28.2 Å². The van der Waals surface area contributed by atoms with E-state index in [9.17, 15) is 0 Å². The minimum absolute atomic E-state index is 0. The van der Waals surface area contributed by atoms with E-state index in [0.717, 1.165) is 12.5 Å². The van der Waals surface area contributed by atoms with Crippen molar-refractivity contribution in [3.05, 3.63) is 265 Å². The Morgan fingerprint density at radius 2 is 0.692 bits per heavy atom. The summed E-state index contributed by atoms with van der Waals surface area (Å²) in [5, 5.41) is 12.5. The molecule has 9 nitrogen and oxygen atoms in total. The highest BCUT2D eigenvalue weighted by Gasteiger charge is 2.33. The van der Waals surface area contributed by atoms with Crippen molar-refractivity contribution in [1.82, 2.24) is 23.3 Å². The first-order valence-electron chi connectivity index (χ1n) is 40.3. The van der Waals surface area contributed by atoms with Crippen LogP contribution in [0.5, 0.6) is 0 Å². The molecule has 0 N–H and O–H groups in total. The minimum Gasteiger partial charge on any atom is -0.273 e. The molecule has 0 spiro atoms. The Labute approximate surface area is 651 Å². The summed E-state index contributed by atoms with van der Waals surface area (Å²) in [7, 11) is 10.5. The van der Waals surface area contributed by atoms with Crippen molar-refractivity contribution in [2.24, 2.45) is 28.2 Å². The Hall–Kier alpha value is -9.83. The zero-order chi connectivity index (χ0) is 80.3. The maximum atomic E-state index is 2.36. The summed E-state index contributed by atoms with van der Waals surface area (Å²) < 4.78 is 15.8. The smallest absolute Gasteiger partial charge is 0.273 e.